The minimum atomic E-state index is -3.84. The number of carbonyl (C=O) groups excluding carboxylic acids is 1. The number of nitro groups is 1. The van der Waals surface area contributed by atoms with Crippen LogP contribution in [0, 0.1) is 10.1 Å². The van der Waals surface area contributed by atoms with Crippen LogP contribution in [0.5, 0.6) is 0 Å². The fraction of sp³-hybridized carbons (Fsp3) is 0.133. The number of nitrogens with one attached hydrogen (secondary N) is 1. The van der Waals surface area contributed by atoms with E-state index in [-0.39, 0.29) is 31.9 Å². The normalized spacial score (nSPS) is 11.4. The first-order chi connectivity index (χ1) is 12.0. The molecule has 2 aromatic carbocycles. The van der Waals surface area contributed by atoms with E-state index in [0.29, 0.717) is 0 Å². The summed E-state index contributed by atoms with van der Waals surface area (Å²) in [5.41, 5.74) is -0.0441. The summed E-state index contributed by atoms with van der Waals surface area (Å²) in [7, 11) is -1.15. The molecule has 0 aliphatic heterocycles. The number of anilines is 1. The van der Waals surface area contributed by atoms with E-state index < -0.39 is 20.9 Å². The molecule has 1 N–H and O–H groups in total. The highest BCUT2D eigenvalue weighted by Crippen LogP contribution is 2.28. The van der Waals surface area contributed by atoms with Gasteiger partial charge in [-0.15, -0.1) is 0 Å². The first kappa shape index (κ1) is 20.1. The maximum atomic E-state index is 12.4. The third kappa shape index (κ3) is 4.13. The Morgan fingerprint density at radius 1 is 1.12 bits per heavy atom. The maximum absolute atomic E-state index is 12.4. The zero-order valence-corrected chi connectivity index (χ0v) is 15.9. The highest BCUT2D eigenvalue weighted by atomic mass is 35.5. The number of nitrogens with zero attached hydrogens (tertiary/aromatic N) is 2. The van der Waals surface area contributed by atoms with Gasteiger partial charge in [0.25, 0.3) is 11.6 Å². The van der Waals surface area contributed by atoms with Crippen molar-refractivity contribution < 1.29 is 18.1 Å². The second-order valence-electron chi connectivity index (χ2n) is 5.31. The zero-order chi connectivity index (χ0) is 19.6. The van der Waals surface area contributed by atoms with Gasteiger partial charge in [-0.1, -0.05) is 23.2 Å². The Morgan fingerprint density at radius 3 is 2.31 bits per heavy atom. The zero-order valence-electron chi connectivity index (χ0n) is 13.6. The lowest BCUT2D eigenvalue weighted by atomic mass is 10.2. The molecule has 0 aromatic heterocycles. The molecule has 2 aromatic rings. The summed E-state index contributed by atoms with van der Waals surface area (Å²) in [6.45, 7) is 0. The van der Waals surface area contributed by atoms with Gasteiger partial charge in [0, 0.05) is 31.8 Å². The number of rotatable bonds is 5. The van der Waals surface area contributed by atoms with E-state index in [9.17, 15) is 23.3 Å². The molecule has 138 valence electrons. The predicted molar refractivity (Wildman–Crippen MR) is 98.4 cm³/mol. The van der Waals surface area contributed by atoms with Gasteiger partial charge in [-0.25, -0.2) is 12.7 Å². The summed E-state index contributed by atoms with van der Waals surface area (Å²) in [6, 6.07) is 7.36. The highest BCUT2D eigenvalue weighted by Gasteiger charge is 2.23. The molecule has 11 heteroatoms. The van der Waals surface area contributed by atoms with Crippen molar-refractivity contribution in [3.8, 4) is 0 Å². The highest BCUT2D eigenvalue weighted by molar-refractivity contribution is 7.89. The maximum Gasteiger partial charge on any atom is 0.271 e. The smallest absolute Gasteiger partial charge is 0.271 e. The van der Waals surface area contributed by atoms with Gasteiger partial charge >= 0.3 is 0 Å². The average Bonchev–Trinajstić information content (AvgIpc) is 2.56. The van der Waals surface area contributed by atoms with E-state index >= 15 is 0 Å². The summed E-state index contributed by atoms with van der Waals surface area (Å²) in [5.74, 6) is -0.646. The molecule has 8 nitrogen and oxygen atoms in total. The van der Waals surface area contributed by atoms with Crippen LogP contribution in [0.15, 0.2) is 41.3 Å². The molecule has 0 heterocycles. The largest absolute Gasteiger partial charge is 0.321 e. The minimum absolute atomic E-state index is 0.0244. The van der Waals surface area contributed by atoms with E-state index in [0.717, 1.165) is 16.4 Å². The SMILES string of the molecule is CN(C)S(=O)(=O)c1cc(C(=O)Nc2ccc([N+](=O)[O-])cc2Cl)ccc1Cl. The summed E-state index contributed by atoms with van der Waals surface area (Å²) in [5, 5.41) is 13.1. The minimum Gasteiger partial charge on any atom is -0.321 e. The fourth-order valence-corrected chi connectivity index (χ4v) is 3.57. The van der Waals surface area contributed by atoms with Gasteiger partial charge in [-0.2, -0.15) is 0 Å². The number of benzene rings is 2. The second-order valence-corrected chi connectivity index (χ2v) is 8.24. The van der Waals surface area contributed by atoms with Crippen LogP contribution in [0.4, 0.5) is 11.4 Å². The Bertz CT molecular complexity index is 993. The molecular weight excluding hydrogens is 405 g/mol. The van der Waals surface area contributed by atoms with Gasteiger partial charge in [0.1, 0.15) is 4.90 Å². The third-order valence-corrected chi connectivity index (χ3v) is 5.97. The Labute approximate surface area is 159 Å². The number of nitro benzene ring substituents is 1. The van der Waals surface area contributed by atoms with E-state index in [1.54, 1.807) is 0 Å². The van der Waals surface area contributed by atoms with Crippen molar-refractivity contribution in [2.24, 2.45) is 0 Å². The van der Waals surface area contributed by atoms with Crippen LogP contribution in [0.3, 0.4) is 0 Å². The van der Waals surface area contributed by atoms with Crippen LogP contribution < -0.4 is 5.32 Å². The van der Waals surface area contributed by atoms with Gasteiger partial charge < -0.3 is 5.32 Å². The molecule has 0 unspecified atom stereocenters. The number of hydrogen-bond acceptors (Lipinski definition) is 5. The van der Waals surface area contributed by atoms with Crippen LogP contribution in [0.2, 0.25) is 10.0 Å². The van der Waals surface area contributed by atoms with Gasteiger partial charge in [0.2, 0.25) is 10.0 Å². The van der Waals surface area contributed by atoms with Gasteiger partial charge in [-0.3, -0.25) is 14.9 Å². The number of sulfonamides is 1. The van der Waals surface area contributed by atoms with E-state index in [4.69, 9.17) is 23.2 Å². The van der Waals surface area contributed by atoms with Crippen molar-refractivity contribution in [2.45, 2.75) is 4.90 Å². The van der Waals surface area contributed by atoms with Crippen LogP contribution in [-0.4, -0.2) is 37.6 Å². The molecule has 0 atom stereocenters. The first-order valence-electron chi connectivity index (χ1n) is 7.01. The standard InChI is InChI=1S/C15H13Cl2N3O5S/c1-19(2)26(24,25)14-7-9(3-5-11(14)16)15(21)18-13-6-4-10(20(22)23)8-12(13)17/h3-8H,1-2H3,(H,18,21). The lowest BCUT2D eigenvalue weighted by Gasteiger charge is -2.14. The van der Waals surface area contributed by atoms with Gasteiger partial charge in [0.15, 0.2) is 0 Å². The molecule has 0 aliphatic rings. The number of carbonyl (C=O) groups is 1. The Morgan fingerprint density at radius 2 is 1.77 bits per heavy atom. The molecule has 0 spiro atoms. The number of non-ortho nitro benzene ring substituents is 1. The van der Waals surface area contributed by atoms with Crippen molar-refractivity contribution in [3.05, 3.63) is 62.1 Å². The lowest BCUT2D eigenvalue weighted by Crippen LogP contribution is -2.23. The Balaban J connectivity index is 2.36. The van der Waals surface area contributed by atoms with Crippen LogP contribution in [0.25, 0.3) is 0 Å². The quantitative estimate of drug-likeness (QED) is 0.591. The summed E-state index contributed by atoms with van der Waals surface area (Å²) in [6.07, 6.45) is 0. The van der Waals surface area contributed by atoms with Crippen LogP contribution in [0.1, 0.15) is 10.4 Å². The molecule has 1 amide bonds. The van der Waals surface area contributed by atoms with Crippen molar-refractivity contribution in [1.29, 1.82) is 0 Å². The third-order valence-electron chi connectivity index (χ3n) is 3.36. The fourth-order valence-electron chi connectivity index (χ4n) is 1.95. The number of halogens is 2. The van der Waals surface area contributed by atoms with Crippen molar-refractivity contribution in [3.63, 3.8) is 0 Å². The van der Waals surface area contributed by atoms with E-state index in [1.165, 1.54) is 38.4 Å². The molecule has 0 fully saturated rings. The van der Waals surface area contributed by atoms with Crippen LogP contribution >= 0.6 is 23.2 Å². The van der Waals surface area contributed by atoms with E-state index in [2.05, 4.69) is 5.32 Å². The predicted octanol–water partition coefficient (Wildman–Crippen LogP) is 3.40. The molecule has 0 saturated carbocycles. The molecule has 0 aliphatic carbocycles. The van der Waals surface area contributed by atoms with Crippen molar-refractivity contribution >= 4 is 50.5 Å². The molecule has 0 radical (unpaired) electrons. The first-order valence-corrected chi connectivity index (χ1v) is 9.21. The topological polar surface area (TPSA) is 110 Å². The van der Waals surface area contributed by atoms with Gasteiger partial charge in [-0.05, 0) is 24.3 Å². The number of hydrogen-bond donors (Lipinski definition) is 1. The summed E-state index contributed by atoms with van der Waals surface area (Å²) >= 11 is 11.9. The second kappa shape index (κ2) is 7.58. The Hall–Kier alpha value is -2.20. The summed E-state index contributed by atoms with van der Waals surface area (Å²) in [4.78, 5) is 22.3. The molecule has 0 saturated heterocycles. The molecular formula is C15H13Cl2N3O5S. The molecule has 2 rings (SSSR count). The van der Waals surface area contributed by atoms with Crippen LogP contribution in [-0.2, 0) is 10.0 Å². The lowest BCUT2D eigenvalue weighted by molar-refractivity contribution is -0.384. The summed E-state index contributed by atoms with van der Waals surface area (Å²) < 4.78 is 25.5. The molecule has 0 bridgehead atoms. The monoisotopic (exact) mass is 417 g/mol. The van der Waals surface area contributed by atoms with Crippen molar-refractivity contribution in [2.75, 3.05) is 19.4 Å². The van der Waals surface area contributed by atoms with Gasteiger partial charge in [0.05, 0.1) is 20.7 Å². The average molecular weight is 418 g/mol. The van der Waals surface area contributed by atoms with E-state index in [1.807, 2.05) is 0 Å². The molecule has 26 heavy (non-hydrogen) atoms. The Kier molecular flexibility index (Phi) is 5.87. The number of amides is 1. The van der Waals surface area contributed by atoms with Crippen molar-refractivity contribution in [1.82, 2.24) is 4.31 Å².